The van der Waals surface area contributed by atoms with Crippen molar-refractivity contribution in [1.29, 1.82) is 0 Å². The van der Waals surface area contributed by atoms with Crippen molar-refractivity contribution in [3.8, 4) is 5.75 Å². The fourth-order valence-electron chi connectivity index (χ4n) is 2.36. The Morgan fingerprint density at radius 3 is 2.89 bits per heavy atom. The third kappa shape index (κ3) is 5.05. The van der Waals surface area contributed by atoms with Gasteiger partial charge in [-0.05, 0) is 30.3 Å². The van der Waals surface area contributed by atoms with Crippen LogP contribution in [-0.4, -0.2) is 35.1 Å². The van der Waals surface area contributed by atoms with E-state index in [0.29, 0.717) is 16.3 Å². The molecule has 0 unspecified atom stereocenters. The molecule has 0 saturated heterocycles. The van der Waals surface area contributed by atoms with Crippen LogP contribution in [-0.2, 0) is 9.59 Å². The van der Waals surface area contributed by atoms with Gasteiger partial charge in [-0.2, -0.15) is 5.10 Å². The quantitative estimate of drug-likeness (QED) is 0.464. The number of benzene rings is 2. The molecule has 138 valence electrons. The lowest BCUT2D eigenvalue weighted by molar-refractivity contribution is -0.123. The molecule has 1 heterocycles. The number of hydrazone groups is 1. The van der Waals surface area contributed by atoms with Gasteiger partial charge in [-0.1, -0.05) is 29.8 Å². The Morgan fingerprint density at radius 1 is 1.30 bits per heavy atom. The number of guanidine groups is 1. The number of aromatic hydroxyl groups is 1. The van der Waals surface area contributed by atoms with Crippen LogP contribution in [0.4, 0.5) is 5.69 Å². The van der Waals surface area contributed by atoms with E-state index < -0.39 is 11.9 Å². The van der Waals surface area contributed by atoms with Crippen molar-refractivity contribution >= 4 is 41.3 Å². The Balaban J connectivity index is 1.56. The molecule has 3 rings (SSSR count). The molecule has 0 aliphatic carbocycles. The van der Waals surface area contributed by atoms with Crippen molar-refractivity contribution in [2.75, 3.05) is 5.32 Å². The summed E-state index contributed by atoms with van der Waals surface area (Å²) >= 11 is 5.87. The summed E-state index contributed by atoms with van der Waals surface area (Å²) in [5, 5.41) is 19.2. The maximum Gasteiger partial charge on any atom is 0.252 e. The van der Waals surface area contributed by atoms with E-state index in [1.165, 1.54) is 12.3 Å². The van der Waals surface area contributed by atoms with E-state index in [1.54, 1.807) is 42.5 Å². The third-order valence-electron chi connectivity index (χ3n) is 3.63. The van der Waals surface area contributed by atoms with Gasteiger partial charge in [0.25, 0.3) is 5.91 Å². The first-order valence-electron chi connectivity index (χ1n) is 8.02. The van der Waals surface area contributed by atoms with Gasteiger partial charge in [-0.3, -0.25) is 14.9 Å². The predicted octanol–water partition coefficient (Wildman–Crippen LogP) is 1.85. The van der Waals surface area contributed by atoms with Gasteiger partial charge in [0.1, 0.15) is 11.8 Å². The van der Waals surface area contributed by atoms with Crippen LogP contribution in [0.3, 0.4) is 0 Å². The van der Waals surface area contributed by atoms with Crippen LogP contribution in [0.2, 0.25) is 5.02 Å². The molecule has 2 aromatic rings. The highest BCUT2D eigenvalue weighted by molar-refractivity contribution is 6.30. The normalized spacial score (nSPS) is 16.1. The second-order valence-electron chi connectivity index (χ2n) is 5.67. The van der Waals surface area contributed by atoms with Crippen molar-refractivity contribution in [2.24, 2.45) is 10.1 Å². The Labute approximate surface area is 160 Å². The fraction of sp³-hybridized carbons (Fsp3) is 0.111. The van der Waals surface area contributed by atoms with Crippen LogP contribution in [0.1, 0.15) is 12.0 Å². The highest BCUT2D eigenvalue weighted by Crippen LogP contribution is 2.16. The number of anilines is 1. The number of phenolic OH excluding ortho intramolecular Hbond substituents is 1. The maximum atomic E-state index is 12.1. The number of para-hydroxylation sites is 1. The largest absolute Gasteiger partial charge is 0.507 e. The number of amides is 2. The molecule has 0 saturated carbocycles. The van der Waals surface area contributed by atoms with Gasteiger partial charge >= 0.3 is 0 Å². The Kier molecular flexibility index (Phi) is 5.68. The third-order valence-corrected chi connectivity index (χ3v) is 3.86. The highest BCUT2D eigenvalue weighted by atomic mass is 35.5. The van der Waals surface area contributed by atoms with Crippen molar-refractivity contribution in [3.63, 3.8) is 0 Å². The van der Waals surface area contributed by atoms with Crippen LogP contribution < -0.4 is 16.1 Å². The average Bonchev–Trinajstić information content (AvgIpc) is 2.96. The SMILES string of the molecule is O=C(C[C@@H]1N=C(N/N=C\c2ccccc2O)NC1=O)Nc1cccc(Cl)c1. The van der Waals surface area contributed by atoms with E-state index in [1.807, 2.05) is 0 Å². The number of carbonyl (C=O) groups is 2. The lowest BCUT2D eigenvalue weighted by Crippen LogP contribution is -2.35. The van der Waals surface area contributed by atoms with Gasteiger partial charge in [0, 0.05) is 16.3 Å². The number of nitrogens with zero attached hydrogens (tertiary/aromatic N) is 2. The van der Waals surface area contributed by atoms with Crippen molar-refractivity contribution < 1.29 is 14.7 Å². The Hall–Kier alpha value is -3.39. The number of phenols is 1. The molecule has 2 amide bonds. The molecule has 27 heavy (non-hydrogen) atoms. The van der Waals surface area contributed by atoms with Gasteiger partial charge in [-0.15, -0.1) is 0 Å². The summed E-state index contributed by atoms with van der Waals surface area (Å²) in [5.41, 5.74) is 3.62. The van der Waals surface area contributed by atoms with Gasteiger partial charge in [0.05, 0.1) is 12.6 Å². The van der Waals surface area contributed by atoms with Crippen LogP contribution in [0.15, 0.2) is 58.6 Å². The predicted molar refractivity (Wildman–Crippen MR) is 103 cm³/mol. The fourth-order valence-corrected chi connectivity index (χ4v) is 2.55. The van der Waals surface area contributed by atoms with Crippen molar-refractivity contribution in [1.82, 2.24) is 10.7 Å². The van der Waals surface area contributed by atoms with Crippen LogP contribution >= 0.6 is 11.6 Å². The number of halogens is 1. The number of aliphatic imine (C=N–C) groups is 1. The van der Waals surface area contributed by atoms with E-state index in [4.69, 9.17) is 11.6 Å². The minimum atomic E-state index is -0.855. The van der Waals surface area contributed by atoms with Gasteiger partial charge in [0.15, 0.2) is 0 Å². The van der Waals surface area contributed by atoms with Crippen molar-refractivity contribution in [3.05, 3.63) is 59.1 Å². The summed E-state index contributed by atoms with van der Waals surface area (Å²) in [5.74, 6) is -0.556. The van der Waals surface area contributed by atoms with E-state index in [-0.39, 0.29) is 24.0 Å². The van der Waals surface area contributed by atoms with E-state index >= 15 is 0 Å². The lowest BCUT2D eigenvalue weighted by Gasteiger charge is -2.07. The zero-order chi connectivity index (χ0) is 19.2. The summed E-state index contributed by atoms with van der Waals surface area (Å²) in [6.45, 7) is 0. The summed E-state index contributed by atoms with van der Waals surface area (Å²) in [7, 11) is 0. The zero-order valence-electron chi connectivity index (χ0n) is 14.0. The molecule has 4 N–H and O–H groups in total. The molecule has 0 bridgehead atoms. The Morgan fingerprint density at radius 2 is 2.11 bits per heavy atom. The number of hydrogen-bond donors (Lipinski definition) is 4. The minimum Gasteiger partial charge on any atom is -0.507 e. The molecular weight excluding hydrogens is 370 g/mol. The van der Waals surface area contributed by atoms with Gasteiger partial charge < -0.3 is 10.4 Å². The second kappa shape index (κ2) is 8.33. The molecule has 1 atom stereocenters. The van der Waals surface area contributed by atoms with Crippen molar-refractivity contribution in [2.45, 2.75) is 12.5 Å². The summed E-state index contributed by atoms with van der Waals surface area (Å²) in [6.07, 6.45) is 1.27. The number of carbonyl (C=O) groups excluding carboxylic acids is 2. The van der Waals surface area contributed by atoms with Gasteiger partial charge in [-0.25, -0.2) is 10.4 Å². The monoisotopic (exact) mass is 385 g/mol. The smallest absolute Gasteiger partial charge is 0.252 e. The number of nitrogens with one attached hydrogen (secondary N) is 3. The summed E-state index contributed by atoms with van der Waals surface area (Å²) in [4.78, 5) is 28.1. The second-order valence-corrected chi connectivity index (χ2v) is 6.11. The van der Waals surface area contributed by atoms with Crippen LogP contribution in [0, 0.1) is 0 Å². The Bertz CT molecular complexity index is 929. The first-order chi connectivity index (χ1) is 13.0. The first-order valence-corrected chi connectivity index (χ1v) is 8.40. The minimum absolute atomic E-state index is 0.0796. The number of hydrogen-bond acceptors (Lipinski definition) is 6. The molecule has 0 aromatic heterocycles. The van der Waals surface area contributed by atoms with Crippen LogP contribution in [0.5, 0.6) is 5.75 Å². The lowest BCUT2D eigenvalue weighted by atomic mass is 10.2. The van der Waals surface area contributed by atoms with E-state index in [2.05, 4.69) is 26.2 Å². The standard InChI is InChI=1S/C18H16ClN5O3/c19-12-5-3-6-13(8-12)21-16(26)9-14-17(27)23-18(22-14)24-20-10-11-4-1-2-7-15(11)25/h1-8,10,14,25H,9H2,(H,21,26)(H2,22,23,24,27)/b20-10-/t14-/m0/s1. The molecular formula is C18H16ClN5O3. The molecule has 0 radical (unpaired) electrons. The van der Waals surface area contributed by atoms with Crippen LogP contribution in [0.25, 0.3) is 0 Å². The molecule has 1 aliphatic heterocycles. The van der Waals surface area contributed by atoms with E-state index in [0.717, 1.165) is 0 Å². The average molecular weight is 386 g/mol. The molecule has 9 heteroatoms. The molecule has 2 aromatic carbocycles. The topological polar surface area (TPSA) is 115 Å². The first kappa shape index (κ1) is 18.4. The maximum absolute atomic E-state index is 12.1. The number of rotatable bonds is 5. The molecule has 0 fully saturated rings. The van der Waals surface area contributed by atoms with E-state index in [9.17, 15) is 14.7 Å². The molecule has 1 aliphatic rings. The molecule has 0 spiro atoms. The molecule has 8 nitrogen and oxygen atoms in total. The summed E-state index contributed by atoms with van der Waals surface area (Å²) < 4.78 is 0. The highest BCUT2D eigenvalue weighted by Gasteiger charge is 2.28. The zero-order valence-corrected chi connectivity index (χ0v) is 14.8. The summed E-state index contributed by atoms with van der Waals surface area (Å²) in [6, 6.07) is 12.5. The van der Waals surface area contributed by atoms with Gasteiger partial charge in [0.2, 0.25) is 11.9 Å².